The van der Waals surface area contributed by atoms with Crippen LogP contribution >= 0.6 is 0 Å². The van der Waals surface area contributed by atoms with Gasteiger partial charge in [0.2, 0.25) is 0 Å². The summed E-state index contributed by atoms with van der Waals surface area (Å²) in [5.41, 5.74) is 5.65. The fourth-order valence-electron chi connectivity index (χ4n) is 2.96. The van der Waals surface area contributed by atoms with Crippen molar-refractivity contribution in [3.05, 3.63) is 121 Å². The Labute approximate surface area is 154 Å². The summed E-state index contributed by atoms with van der Waals surface area (Å²) in [5.74, 6) is 0. The number of nitrogens with zero attached hydrogens (tertiary/aromatic N) is 1. The van der Waals surface area contributed by atoms with E-state index in [4.69, 9.17) is 0 Å². The fourth-order valence-corrected chi connectivity index (χ4v) is 2.96. The van der Waals surface area contributed by atoms with Crippen molar-refractivity contribution in [2.75, 3.05) is 10.2 Å². The Bertz CT molecular complexity index is 883. The van der Waals surface area contributed by atoms with Gasteiger partial charge in [0.1, 0.15) is 0 Å². The van der Waals surface area contributed by atoms with E-state index < -0.39 is 0 Å². The zero-order valence-corrected chi connectivity index (χ0v) is 14.4. The Kier molecular flexibility index (Phi) is 4.66. The highest BCUT2D eigenvalue weighted by atomic mass is 15.1. The lowest BCUT2D eigenvalue weighted by molar-refractivity contribution is 1.28. The van der Waals surface area contributed by atoms with Crippen LogP contribution < -0.4 is 10.2 Å². The summed E-state index contributed by atoms with van der Waals surface area (Å²) < 4.78 is 0. The fraction of sp³-hybridized carbons (Fsp3) is 0. The molecule has 1 aliphatic rings. The topological polar surface area (TPSA) is 15.3 Å². The van der Waals surface area contributed by atoms with Crippen molar-refractivity contribution in [3.63, 3.8) is 0 Å². The molecular weight excluding hydrogens is 316 g/mol. The molecule has 0 heterocycles. The first-order valence-corrected chi connectivity index (χ1v) is 8.72. The number of benzene rings is 3. The highest BCUT2D eigenvalue weighted by molar-refractivity contribution is 5.77. The van der Waals surface area contributed by atoms with Crippen molar-refractivity contribution in [2.45, 2.75) is 0 Å². The molecule has 0 spiro atoms. The van der Waals surface area contributed by atoms with Gasteiger partial charge in [-0.2, -0.15) is 0 Å². The third kappa shape index (κ3) is 3.60. The third-order valence-corrected chi connectivity index (χ3v) is 4.25. The summed E-state index contributed by atoms with van der Waals surface area (Å²) in [6, 6.07) is 29.3. The molecule has 0 saturated carbocycles. The molecule has 0 bridgehead atoms. The molecule has 0 amide bonds. The second kappa shape index (κ2) is 7.58. The van der Waals surface area contributed by atoms with E-state index in [2.05, 4.69) is 95.2 Å². The van der Waals surface area contributed by atoms with Gasteiger partial charge >= 0.3 is 0 Å². The first kappa shape index (κ1) is 16.0. The Morgan fingerprint density at radius 3 is 1.62 bits per heavy atom. The van der Waals surface area contributed by atoms with E-state index in [1.54, 1.807) is 0 Å². The van der Waals surface area contributed by atoms with Gasteiger partial charge in [0.25, 0.3) is 0 Å². The lowest BCUT2D eigenvalue weighted by Gasteiger charge is -2.25. The van der Waals surface area contributed by atoms with Crippen LogP contribution in [0.1, 0.15) is 0 Å². The van der Waals surface area contributed by atoms with Gasteiger partial charge in [0.05, 0.1) is 0 Å². The minimum atomic E-state index is 1.07. The van der Waals surface area contributed by atoms with Gasteiger partial charge in [-0.05, 0) is 54.1 Å². The van der Waals surface area contributed by atoms with Crippen molar-refractivity contribution in [3.8, 4) is 0 Å². The van der Waals surface area contributed by atoms with Crippen molar-refractivity contribution >= 4 is 22.7 Å². The van der Waals surface area contributed by atoms with Gasteiger partial charge in [0, 0.05) is 28.9 Å². The maximum atomic E-state index is 3.35. The van der Waals surface area contributed by atoms with E-state index in [1.807, 2.05) is 30.5 Å². The maximum absolute atomic E-state index is 3.35. The predicted octanol–water partition coefficient (Wildman–Crippen LogP) is 6.58. The summed E-state index contributed by atoms with van der Waals surface area (Å²) >= 11 is 0. The molecule has 2 heteroatoms. The smallest absolute Gasteiger partial charge is 0.0463 e. The van der Waals surface area contributed by atoms with Crippen LogP contribution in [-0.2, 0) is 0 Å². The van der Waals surface area contributed by atoms with E-state index in [1.165, 1.54) is 5.57 Å². The molecule has 0 aromatic heterocycles. The molecule has 1 N–H and O–H groups in total. The molecule has 126 valence electrons. The number of anilines is 4. The summed E-state index contributed by atoms with van der Waals surface area (Å²) in [6.45, 7) is 0. The van der Waals surface area contributed by atoms with E-state index in [9.17, 15) is 0 Å². The number of hydrogen-bond acceptors (Lipinski definition) is 2. The molecule has 0 saturated heterocycles. The van der Waals surface area contributed by atoms with Crippen LogP contribution in [0.15, 0.2) is 121 Å². The molecule has 26 heavy (non-hydrogen) atoms. The summed E-state index contributed by atoms with van der Waals surface area (Å²) in [7, 11) is 0. The maximum Gasteiger partial charge on any atom is 0.0463 e. The van der Waals surface area contributed by atoms with Crippen molar-refractivity contribution < 1.29 is 0 Å². The van der Waals surface area contributed by atoms with Gasteiger partial charge in [-0.3, -0.25) is 0 Å². The lowest BCUT2D eigenvalue weighted by atomic mass is 10.2. The van der Waals surface area contributed by atoms with Crippen molar-refractivity contribution in [2.24, 2.45) is 0 Å². The Balaban J connectivity index is 1.63. The van der Waals surface area contributed by atoms with Gasteiger partial charge < -0.3 is 10.2 Å². The third-order valence-electron chi connectivity index (χ3n) is 4.25. The molecular formula is C24H20N2. The normalized spacial score (nSPS) is 12.2. The summed E-state index contributed by atoms with van der Waals surface area (Å²) in [4.78, 5) is 2.25. The van der Waals surface area contributed by atoms with Crippen LogP contribution in [0.3, 0.4) is 0 Å². The van der Waals surface area contributed by atoms with E-state index >= 15 is 0 Å². The second-order valence-electron chi connectivity index (χ2n) is 6.06. The molecule has 0 aliphatic heterocycles. The molecule has 4 rings (SSSR count). The first-order valence-electron chi connectivity index (χ1n) is 8.72. The second-order valence-corrected chi connectivity index (χ2v) is 6.06. The van der Waals surface area contributed by atoms with E-state index in [0.29, 0.717) is 0 Å². The molecule has 2 nitrogen and oxygen atoms in total. The monoisotopic (exact) mass is 336 g/mol. The average Bonchev–Trinajstić information content (AvgIpc) is 3.23. The zero-order chi connectivity index (χ0) is 17.6. The Morgan fingerprint density at radius 2 is 1.08 bits per heavy atom. The van der Waals surface area contributed by atoms with Crippen molar-refractivity contribution in [1.29, 1.82) is 0 Å². The molecule has 1 aliphatic carbocycles. The van der Waals surface area contributed by atoms with E-state index in [-0.39, 0.29) is 0 Å². The van der Waals surface area contributed by atoms with Gasteiger partial charge in [0.15, 0.2) is 0 Å². The van der Waals surface area contributed by atoms with Crippen LogP contribution in [0, 0.1) is 0 Å². The standard InChI is InChI=1S/C24H20N2/c1-3-11-22(12-4-1)26(23-13-5-2-6-14-23)24-17-15-21(16-18-24)25-19-20-9-7-8-10-20/h1-19,25H. The van der Waals surface area contributed by atoms with Gasteiger partial charge in [-0.1, -0.05) is 60.7 Å². The van der Waals surface area contributed by atoms with Crippen LogP contribution in [0.4, 0.5) is 22.7 Å². The highest BCUT2D eigenvalue weighted by Crippen LogP contribution is 2.34. The highest BCUT2D eigenvalue weighted by Gasteiger charge is 2.11. The van der Waals surface area contributed by atoms with Crippen LogP contribution in [0.5, 0.6) is 0 Å². The average molecular weight is 336 g/mol. The van der Waals surface area contributed by atoms with Crippen LogP contribution in [0.25, 0.3) is 0 Å². The van der Waals surface area contributed by atoms with Crippen molar-refractivity contribution in [1.82, 2.24) is 0 Å². The SMILES string of the molecule is C1=CC(=CNc2ccc(N(c3ccccc3)c3ccccc3)cc2)C=C1. The predicted molar refractivity (Wildman–Crippen MR) is 111 cm³/mol. The minimum absolute atomic E-state index is 1.07. The number of para-hydroxylation sites is 2. The zero-order valence-electron chi connectivity index (χ0n) is 14.4. The molecule has 0 radical (unpaired) electrons. The minimum Gasteiger partial charge on any atom is -0.361 e. The number of rotatable bonds is 5. The molecule has 3 aromatic carbocycles. The number of allylic oxidation sites excluding steroid dienone is 5. The molecule has 0 unspecified atom stereocenters. The van der Waals surface area contributed by atoms with Crippen LogP contribution in [0.2, 0.25) is 0 Å². The van der Waals surface area contributed by atoms with E-state index in [0.717, 1.165) is 22.7 Å². The Morgan fingerprint density at radius 1 is 0.577 bits per heavy atom. The van der Waals surface area contributed by atoms with Gasteiger partial charge in [-0.25, -0.2) is 0 Å². The van der Waals surface area contributed by atoms with Crippen LogP contribution in [-0.4, -0.2) is 0 Å². The van der Waals surface area contributed by atoms with Gasteiger partial charge in [-0.15, -0.1) is 0 Å². The quantitative estimate of drug-likeness (QED) is 0.566. The number of hydrogen-bond donors (Lipinski definition) is 1. The molecule has 0 atom stereocenters. The molecule has 0 fully saturated rings. The molecule has 3 aromatic rings. The first-order chi connectivity index (χ1) is 12.9. The summed E-state index contributed by atoms with van der Waals surface area (Å²) in [5, 5.41) is 3.35. The summed E-state index contributed by atoms with van der Waals surface area (Å²) in [6.07, 6.45) is 10.2. The number of nitrogens with one attached hydrogen (secondary N) is 1. The largest absolute Gasteiger partial charge is 0.361 e. The lowest BCUT2D eigenvalue weighted by Crippen LogP contribution is -2.09. The Hall–Kier alpha value is -3.52.